The number of amides is 1. The SMILES string of the molecule is C=CC(=O)N[C@H]1CCN(CC(C)(C)O)C1. The summed E-state index contributed by atoms with van der Waals surface area (Å²) < 4.78 is 0. The van der Waals surface area contributed by atoms with Gasteiger partial charge in [0, 0.05) is 25.7 Å². The van der Waals surface area contributed by atoms with Gasteiger partial charge in [0.15, 0.2) is 0 Å². The van der Waals surface area contributed by atoms with E-state index in [1.807, 2.05) is 0 Å². The zero-order valence-electron chi connectivity index (χ0n) is 9.49. The topological polar surface area (TPSA) is 52.6 Å². The average Bonchev–Trinajstić information content (AvgIpc) is 2.49. The van der Waals surface area contributed by atoms with E-state index >= 15 is 0 Å². The maximum atomic E-state index is 11.1. The van der Waals surface area contributed by atoms with Crippen molar-refractivity contribution in [2.75, 3.05) is 19.6 Å². The first-order chi connectivity index (χ1) is 6.90. The van der Waals surface area contributed by atoms with Gasteiger partial charge in [-0.1, -0.05) is 6.58 Å². The number of nitrogens with zero attached hydrogens (tertiary/aromatic N) is 1. The van der Waals surface area contributed by atoms with E-state index < -0.39 is 5.60 Å². The number of rotatable bonds is 4. The van der Waals surface area contributed by atoms with Gasteiger partial charge in [-0.05, 0) is 26.3 Å². The van der Waals surface area contributed by atoms with Gasteiger partial charge in [0.25, 0.3) is 0 Å². The van der Waals surface area contributed by atoms with Crippen molar-refractivity contribution in [1.82, 2.24) is 10.2 Å². The highest BCUT2D eigenvalue weighted by atomic mass is 16.3. The molecule has 0 aromatic carbocycles. The van der Waals surface area contributed by atoms with Gasteiger partial charge in [-0.15, -0.1) is 0 Å². The first-order valence-corrected chi connectivity index (χ1v) is 5.28. The summed E-state index contributed by atoms with van der Waals surface area (Å²) in [5, 5.41) is 12.5. The van der Waals surface area contributed by atoms with Crippen LogP contribution in [0, 0.1) is 0 Å². The average molecular weight is 212 g/mol. The van der Waals surface area contributed by atoms with Crippen LogP contribution >= 0.6 is 0 Å². The van der Waals surface area contributed by atoms with E-state index in [0.717, 1.165) is 19.5 Å². The number of hydrogen-bond acceptors (Lipinski definition) is 3. The van der Waals surface area contributed by atoms with Crippen LogP contribution in [0.4, 0.5) is 0 Å². The first kappa shape index (κ1) is 12.2. The first-order valence-electron chi connectivity index (χ1n) is 5.28. The minimum absolute atomic E-state index is 0.120. The summed E-state index contributed by atoms with van der Waals surface area (Å²) in [7, 11) is 0. The van der Waals surface area contributed by atoms with Crippen LogP contribution < -0.4 is 5.32 Å². The van der Waals surface area contributed by atoms with Crippen molar-refractivity contribution in [1.29, 1.82) is 0 Å². The van der Waals surface area contributed by atoms with Gasteiger partial charge < -0.3 is 10.4 Å². The molecule has 86 valence electrons. The van der Waals surface area contributed by atoms with Crippen LogP contribution in [0.15, 0.2) is 12.7 Å². The lowest BCUT2D eigenvalue weighted by molar-refractivity contribution is -0.117. The molecule has 1 heterocycles. The summed E-state index contributed by atoms with van der Waals surface area (Å²) in [6.07, 6.45) is 2.23. The summed E-state index contributed by atoms with van der Waals surface area (Å²) in [5.41, 5.74) is -0.669. The monoisotopic (exact) mass is 212 g/mol. The van der Waals surface area contributed by atoms with Gasteiger partial charge >= 0.3 is 0 Å². The number of hydrogen-bond donors (Lipinski definition) is 2. The fourth-order valence-corrected chi connectivity index (χ4v) is 1.90. The lowest BCUT2D eigenvalue weighted by atomic mass is 10.1. The molecule has 0 bridgehead atoms. The highest BCUT2D eigenvalue weighted by Gasteiger charge is 2.27. The van der Waals surface area contributed by atoms with Gasteiger partial charge in [0.05, 0.1) is 5.60 Å². The summed E-state index contributed by atoms with van der Waals surface area (Å²) in [6.45, 7) is 9.38. The Morgan fingerprint density at radius 1 is 1.73 bits per heavy atom. The molecule has 1 aliphatic heterocycles. The van der Waals surface area contributed by atoms with Crippen LogP contribution in [0.25, 0.3) is 0 Å². The second-order valence-electron chi connectivity index (χ2n) is 4.75. The third kappa shape index (κ3) is 4.44. The van der Waals surface area contributed by atoms with Gasteiger partial charge in [0.2, 0.25) is 5.91 Å². The van der Waals surface area contributed by atoms with Crippen LogP contribution in [0.2, 0.25) is 0 Å². The second kappa shape index (κ2) is 4.77. The van der Waals surface area contributed by atoms with Crippen molar-refractivity contribution in [2.24, 2.45) is 0 Å². The van der Waals surface area contributed by atoms with Crippen LogP contribution in [0.3, 0.4) is 0 Å². The van der Waals surface area contributed by atoms with Crippen LogP contribution in [0.5, 0.6) is 0 Å². The quantitative estimate of drug-likeness (QED) is 0.651. The van der Waals surface area contributed by atoms with E-state index in [9.17, 15) is 9.90 Å². The lowest BCUT2D eigenvalue weighted by Gasteiger charge is -2.25. The highest BCUT2D eigenvalue weighted by molar-refractivity contribution is 5.87. The van der Waals surface area contributed by atoms with E-state index in [1.54, 1.807) is 13.8 Å². The molecule has 1 amide bonds. The molecule has 1 atom stereocenters. The smallest absolute Gasteiger partial charge is 0.243 e. The Kier molecular flexibility index (Phi) is 3.88. The summed E-state index contributed by atoms with van der Waals surface area (Å²) in [6, 6.07) is 0.192. The van der Waals surface area contributed by atoms with Gasteiger partial charge in [-0.25, -0.2) is 0 Å². The standard InChI is InChI=1S/C11H20N2O2/c1-4-10(14)12-9-5-6-13(7-9)8-11(2,3)15/h4,9,15H,1,5-8H2,2-3H3,(H,12,14)/t9-/m0/s1. The third-order valence-electron chi connectivity index (χ3n) is 2.41. The fourth-order valence-electron chi connectivity index (χ4n) is 1.90. The minimum Gasteiger partial charge on any atom is -0.389 e. The molecule has 4 nitrogen and oxygen atoms in total. The third-order valence-corrected chi connectivity index (χ3v) is 2.41. The molecule has 0 aromatic heterocycles. The number of β-amino-alcohol motifs (C(OH)–C–C–N with tert-alkyl or cyclic N) is 1. The Labute approximate surface area is 91.0 Å². The van der Waals surface area contributed by atoms with E-state index in [2.05, 4.69) is 16.8 Å². The summed E-state index contributed by atoms with van der Waals surface area (Å²) in [5.74, 6) is -0.120. The largest absolute Gasteiger partial charge is 0.389 e. The van der Waals surface area contributed by atoms with E-state index in [0.29, 0.717) is 6.54 Å². The molecule has 0 aromatic rings. The van der Waals surface area contributed by atoms with E-state index in [1.165, 1.54) is 6.08 Å². The maximum Gasteiger partial charge on any atom is 0.243 e. The van der Waals surface area contributed by atoms with E-state index in [4.69, 9.17) is 0 Å². The van der Waals surface area contributed by atoms with Crippen LogP contribution in [-0.4, -0.2) is 47.2 Å². The molecule has 2 N–H and O–H groups in total. The number of carbonyl (C=O) groups excluding carboxylic acids is 1. The maximum absolute atomic E-state index is 11.1. The second-order valence-corrected chi connectivity index (χ2v) is 4.75. The highest BCUT2D eigenvalue weighted by Crippen LogP contribution is 2.13. The predicted octanol–water partition coefficient (Wildman–Crippen LogP) is 0.134. The number of nitrogens with one attached hydrogen (secondary N) is 1. The Balaban J connectivity index is 2.33. The molecule has 1 aliphatic rings. The molecule has 4 heteroatoms. The summed E-state index contributed by atoms with van der Waals surface area (Å²) in [4.78, 5) is 13.2. The molecule has 0 spiro atoms. The molecule has 1 rings (SSSR count). The molecule has 0 aliphatic carbocycles. The summed E-state index contributed by atoms with van der Waals surface area (Å²) >= 11 is 0. The molecule has 15 heavy (non-hydrogen) atoms. The van der Waals surface area contributed by atoms with Crippen molar-refractivity contribution in [3.05, 3.63) is 12.7 Å². The predicted molar refractivity (Wildman–Crippen MR) is 59.5 cm³/mol. The normalized spacial score (nSPS) is 22.7. The molecular formula is C11H20N2O2. The molecule has 1 fully saturated rings. The molecular weight excluding hydrogens is 192 g/mol. The zero-order valence-corrected chi connectivity index (χ0v) is 9.49. The lowest BCUT2D eigenvalue weighted by Crippen LogP contribution is -2.40. The van der Waals surface area contributed by atoms with Crippen molar-refractivity contribution < 1.29 is 9.90 Å². The Hall–Kier alpha value is -0.870. The van der Waals surface area contributed by atoms with Gasteiger partial charge in [-0.2, -0.15) is 0 Å². The zero-order chi connectivity index (χ0) is 11.5. The van der Waals surface area contributed by atoms with Crippen molar-refractivity contribution in [3.8, 4) is 0 Å². The molecule has 0 radical (unpaired) electrons. The van der Waals surface area contributed by atoms with Crippen LogP contribution in [0.1, 0.15) is 20.3 Å². The van der Waals surface area contributed by atoms with Crippen LogP contribution in [-0.2, 0) is 4.79 Å². The van der Waals surface area contributed by atoms with Gasteiger partial charge in [0.1, 0.15) is 0 Å². The van der Waals surface area contributed by atoms with Gasteiger partial charge in [-0.3, -0.25) is 9.69 Å². The number of carbonyl (C=O) groups is 1. The fraction of sp³-hybridized carbons (Fsp3) is 0.727. The van der Waals surface area contributed by atoms with Crippen molar-refractivity contribution in [3.63, 3.8) is 0 Å². The van der Waals surface area contributed by atoms with Crippen molar-refractivity contribution >= 4 is 5.91 Å². The number of aliphatic hydroxyl groups is 1. The molecule has 0 unspecified atom stereocenters. The number of likely N-dealkylation sites (tertiary alicyclic amines) is 1. The molecule has 1 saturated heterocycles. The Morgan fingerprint density at radius 2 is 2.40 bits per heavy atom. The van der Waals surface area contributed by atoms with Crippen molar-refractivity contribution in [2.45, 2.75) is 31.9 Å². The Bertz CT molecular complexity index is 245. The molecule has 0 saturated carbocycles. The van der Waals surface area contributed by atoms with E-state index in [-0.39, 0.29) is 11.9 Å². The minimum atomic E-state index is -0.669. The Morgan fingerprint density at radius 3 is 2.93 bits per heavy atom.